The van der Waals surface area contributed by atoms with Gasteiger partial charge in [-0.25, -0.2) is 9.37 Å². The van der Waals surface area contributed by atoms with Gasteiger partial charge in [-0.1, -0.05) is 17.7 Å². The van der Waals surface area contributed by atoms with Crippen molar-refractivity contribution in [2.45, 2.75) is 26.9 Å². The predicted molar refractivity (Wildman–Crippen MR) is 101 cm³/mol. The van der Waals surface area contributed by atoms with E-state index in [1.165, 1.54) is 12.1 Å². The third-order valence-electron chi connectivity index (χ3n) is 4.64. The highest BCUT2D eigenvalue weighted by Crippen LogP contribution is 2.23. The first-order valence-corrected chi connectivity index (χ1v) is 8.85. The fourth-order valence-electron chi connectivity index (χ4n) is 3.02. The minimum Gasteiger partial charge on any atom is -0.337 e. The SMILES string of the molecule is Cc1nn(C)c(C)c1C(=O)N(Cc1ccc(F)cc1Cl)Cc1nccn1C. The lowest BCUT2D eigenvalue weighted by Gasteiger charge is -2.23. The summed E-state index contributed by atoms with van der Waals surface area (Å²) in [6.07, 6.45) is 3.51. The molecular weight excluding hydrogens is 369 g/mol. The van der Waals surface area contributed by atoms with E-state index in [1.54, 1.807) is 28.9 Å². The highest BCUT2D eigenvalue weighted by molar-refractivity contribution is 6.31. The van der Waals surface area contributed by atoms with Crippen LogP contribution in [0, 0.1) is 19.7 Å². The normalized spacial score (nSPS) is 11.0. The molecule has 0 aliphatic rings. The van der Waals surface area contributed by atoms with Crippen LogP contribution in [0.15, 0.2) is 30.6 Å². The third kappa shape index (κ3) is 3.88. The molecular formula is C19H21ClFN5O. The van der Waals surface area contributed by atoms with Crippen LogP contribution in [0.5, 0.6) is 0 Å². The van der Waals surface area contributed by atoms with Gasteiger partial charge in [-0.2, -0.15) is 5.10 Å². The van der Waals surface area contributed by atoms with E-state index in [9.17, 15) is 9.18 Å². The number of amides is 1. The molecule has 0 unspecified atom stereocenters. The van der Waals surface area contributed by atoms with E-state index in [4.69, 9.17) is 11.6 Å². The number of hydrogen-bond acceptors (Lipinski definition) is 3. The van der Waals surface area contributed by atoms with E-state index in [0.717, 1.165) is 11.5 Å². The first-order valence-electron chi connectivity index (χ1n) is 8.47. The van der Waals surface area contributed by atoms with Crippen molar-refractivity contribution in [2.24, 2.45) is 14.1 Å². The molecule has 142 valence electrons. The maximum atomic E-state index is 13.4. The number of aromatic nitrogens is 4. The monoisotopic (exact) mass is 389 g/mol. The fourth-order valence-corrected chi connectivity index (χ4v) is 3.24. The number of halogens is 2. The minimum absolute atomic E-state index is 0.165. The molecule has 3 aromatic rings. The zero-order chi connectivity index (χ0) is 19.7. The number of hydrogen-bond donors (Lipinski definition) is 0. The van der Waals surface area contributed by atoms with Crippen molar-refractivity contribution in [1.29, 1.82) is 0 Å². The van der Waals surface area contributed by atoms with Crippen LogP contribution in [-0.2, 0) is 27.2 Å². The Hall–Kier alpha value is -2.67. The summed E-state index contributed by atoms with van der Waals surface area (Å²) in [6.45, 7) is 4.20. The summed E-state index contributed by atoms with van der Waals surface area (Å²) < 4.78 is 16.9. The van der Waals surface area contributed by atoms with Crippen LogP contribution in [0.3, 0.4) is 0 Å². The molecule has 0 radical (unpaired) electrons. The van der Waals surface area contributed by atoms with E-state index in [-0.39, 0.29) is 17.5 Å². The van der Waals surface area contributed by atoms with E-state index in [0.29, 0.717) is 23.4 Å². The highest BCUT2D eigenvalue weighted by Gasteiger charge is 2.25. The molecule has 0 aliphatic heterocycles. The van der Waals surface area contributed by atoms with Crippen molar-refractivity contribution in [3.8, 4) is 0 Å². The molecule has 2 aromatic heterocycles. The average Bonchev–Trinajstić information content (AvgIpc) is 3.11. The van der Waals surface area contributed by atoms with Crippen LogP contribution in [0.25, 0.3) is 0 Å². The largest absolute Gasteiger partial charge is 0.337 e. The second-order valence-electron chi connectivity index (χ2n) is 6.52. The van der Waals surface area contributed by atoms with Crippen molar-refractivity contribution < 1.29 is 9.18 Å². The first-order chi connectivity index (χ1) is 12.8. The maximum absolute atomic E-state index is 13.4. The molecule has 3 rings (SSSR count). The quantitative estimate of drug-likeness (QED) is 0.672. The Bertz CT molecular complexity index is 994. The minimum atomic E-state index is -0.412. The zero-order valence-electron chi connectivity index (χ0n) is 15.7. The lowest BCUT2D eigenvalue weighted by atomic mass is 10.1. The summed E-state index contributed by atoms with van der Waals surface area (Å²) in [4.78, 5) is 19.3. The predicted octanol–water partition coefficient (Wildman–Crippen LogP) is 3.41. The van der Waals surface area contributed by atoms with Crippen molar-refractivity contribution in [3.63, 3.8) is 0 Å². The van der Waals surface area contributed by atoms with Crippen LogP contribution in [0.4, 0.5) is 4.39 Å². The molecule has 0 atom stereocenters. The molecule has 27 heavy (non-hydrogen) atoms. The Kier molecular flexibility index (Phi) is 5.32. The Morgan fingerprint density at radius 2 is 2.00 bits per heavy atom. The molecule has 1 amide bonds. The van der Waals surface area contributed by atoms with Gasteiger partial charge in [0.15, 0.2) is 0 Å². The Morgan fingerprint density at radius 1 is 1.26 bits per heavy atom. The molecule has 2 heterocycles. The summed E-state index contributed by atoms with van der Waals surface area (Å²) in [7, 11) is 3.68. The molecule has 1 aromatic carbocycles. The molecule has 0 aliphatic carbocycles. The summed E-state index contributed by atoms with van der Waals surface area (Å²) >= 11 is 6.19. The van der Waals surface area contributed by atoms with E-state index < -0.39 is 5.82 Å². The molecule has 0 N–H and O–H groups in total. The van der Waals surface area contributed by atoms with Crippen LogP contribution < -0.4 is 0 Å². The number of carbonyl (C=O) groups is 1. The van der Waals surface area contributed by atoms with E-state index in [2.05, 4.69) is 10.1 Å². The molecule has 8 heteroatoms. The lowest BCUT2D eigenvalue weighted by Crippen LogP contribution is -2.32. The van der Waals surface area contributed by atoms with Gasteiger partial charge in [-0.15, -0.1) is 0 Å². The van der Waals surface area contributed by atoms with Gasteiger partial charge in [-0.3, -0.25) is 9.48 Å². The van der Waals surface area contributed by atoms with E-state index >= 15 is 0 Å². The smallest absolute Gasteiger partial charge is 0.258 e. The zero-order valence-corrected chi connectivity index (χ0v) is 16.5. The first kappa shape index (κ1) is 19.1. The van der Waals surface area contributed by atoms with Crippen LogP contribution in [-0.4, -0.2) is 30.1 Å². The summed E-state index contributed by atoms with van der Waals surface area (Å²) in [5, 5.41) is 4.62. The average molecular weight is 390 g/mol. The van der Waals surface area contributed by atoms with Gasteiger partial charge in [0, 0.05) is 43.8 Å². The Labute approximate surface area is 162 Å². The van der Waals surface area contributed by atoms with Gasteiger partial charge < -0.3 is 9.47 Å². The third-order valence-corrected chi connectivity index (χ3v) is 4.99. The van der Waals surface area contributed by atoms with Gasteiger partial charge >= 0.3 is 0 Å². The number of aryl methyl sites for hydroxylation is 3. The van der Waals surface area contributed by atoms with Crippen molar-refractivity contribution in [3.05, 3.63) is 69.8 Å². The number of benzene rings is 1. The second kappa shape index (κ2) is 7.52. The molecule has 0 saturated heterocycles. The van der Waals surface area contributed by atoms with Crippen molar-refractivity contribution in [1.82, 2.24) is 24.2 Å². The summed E-state index contributed by atoms with van der Waals surface area (Å²) in [5.74, 6) is 0.159. The van der Waals surface area contributed by atoms with Gasteiger partial charge in [0.25, 0.3) is 5.91 Å². The molecule has 6 nitrogen and oxygen atoms in total. The highest BCUT2D eigenvalue weighted by atomic mass is 35.5. The fraction of sp³-hybridized carbons (Fsp3) is 0.316. The number of nitrogens with zero attached hydrogens (tertiary/aromatic N) is 5. The van der Waals surface area contributed by atoms with Gasteiger partial charge in [-0.05, 0) is 31.5 Å². The molecule has 0 bridgehead atoms. The maximum Gasteiger partial charge on any atom is 0.258 e. The number of rotatable bonds is 5. The lowest BCUT2D eigenvalue weighted by molar-refractivity contribution is 0.0722. The molecule has 0 spiro atoms. The Morgan fingerprint density at radius 3 is 2.56 bits per heavy atom. The number of carbonyl (C=O) groups excluding carboxylic acids is 1. The van der Waals surface area contributed by atoms with Gasteiger partial charge in [0.2, 0.25) is 0 Å². The molecule has 0 saturated carbocycles. The van der Waals surface area contributed by atoms with Gasteiger partial charge in [0.1, 0.15) is 11.6 Å². The topological polar surface area (TPSA) is 56.0 Å². The summed E-state index contributed by atoms with van der Waals surface area (Å²) in [5.41, 5.74) is 2.67. The molecule has 0 fully saturated rings. The van der Waals surface area contributed by atoms with Crippen LogP contribution >= 0.6 is 11.6 Å². The van der Waals surface area contributed by atoms with Crippen molar-refractivity contribution >= 4 is 17.5 Å². The summed E-state index contributed by atoms with van der Waals surface area (Å²) in [6, 6.07) is 4.19. The van der Waals surface area contributed by atoms with E-state index in [1.807, 2.05) is 31.7 Å². The number of imidazole rings is 1. The van der Waals surface area contributed by atoms with Crippen molar-refractivity contribution in [2.75, 3.05) is 0 Å². The Balaban J connectivity index is 1.98. The second-order valence-corrected chi connectivity index (χ2v) is 6.93. The van der Waals surface area contributed by atoms with Gasteiger partial charge in [0.05, 0.1) is 17.8 Å². The van der Waals surface area contributed by atoms with Crippen LogP contribution in [0.1, 0.15) is 33.1 Å². The van der Waals surface area contributed by atoms with Crippen LogP contribution in [0.2, 0.25) is 5.02 Å². The standard InChI is InChI=1S/C19H21ClFN5O/c1-12-18(13(2)25(4)23-12)19(27)26(11-17-22-7-8-24(17)3)10-14-5-6-15(21)9-16(14)20/h5-9H,10-11H2,1-4H3.